The Balaban J connectivity index is 3.12. The van der Waals surface area contributed by atoms with Gasteiger partial charge in [-0.15, -0.1) is 0 Å². The first kappa shape index (κ1) is 15.7. The van der Waals surface area contributed by atoms with Crippen molar-refractivity contribution in [1.82, 2.24) is 10.2 Å². The van der Waals surface area contributed by atoms with Gasteiger partial charge in [-0.1, -0.05) is 46.8 Å². The molecular formula is C15H26N2O2. The zero-order valence-corrected chi connectivity index (χ0v) is 12.9. The van der Waals surface area contributed by atoms with Crippen molar-refractivity contribution < 1.29 is 9.59 Å². The molecule has 1 saturated heterocycles. The number of hydrogen-bond acceptors (Lipinski definition) is 2. The molecule has 1 rings (SSSR count). The third kappa shape index (κ3) is 3.37. The van der Waals surface area contributed by atoms with Gasteiger partial charge in [0.05, 0.1) is 0 Å². The van der Waals surface area contributed by atoms with Crippen LogP contribution in [0.15, 0.2) is 12.2 Å². The van der Waals surface area contributed by atoms with Crippen molar-refractivity contribution in [3.05, 3.63) is 12.2 Å². The van der Waals surface area contributed by atoms with Gasteiger partial charge in [0.1, 0.15) is 12.1 Å². The molecular weight excluding hydrogens is 240 g/mol. The van der Waals surface area contributed by atoms with E-state index in [1.165, 1.54) is 0 Å². The zero-order valence-electron chi connectivity index (χ0n) is 12.9. The lowest BCUT2D eigenvalue weighted by Crippen LogP contribution is -2.67. The van der Waals surface area contributed by atoms with Crippen LogP contribution in [0, 0.1) is 11.3 Å². The molecule has 2 unspecified atom stereocenters. The van der Waals surface area contributed by atoms with Crippen molar-refractivity contribution in [2.45, 2.75) is 53.6 Å². The quantitative estimate of drug-likeness (QED) is 0.794. The Labute approximate surface area is 116 Å². The molecule has 19 heavy (non-hydrogen) atoms. The lowest BCUT2D eigenvalue weighted by Gasteiger charge is -2.44. The van der Waals surface area contributed by atoms with Crippen LogP contribution in [0.4, 0.5) is 0 Å². The van der Waals surface area contributed by atoms with Gasteiger partial charge in [-0.25, -0.2) is 0 Å². The molecule has 108 valence electrons. The summed E-state index contributed by atoms with van der Waals surface area (Å²) < 4.78 is 0. The number of carbonyl (C=O) groups is 2. The number of hydrogen-bond donors (Lipinski definition) is 1. The monoisotopic (exact) mass is 266 g/mol. The lowest BCUT2D eigenvalue weighted by molar-refractivity contribution is -0.153. The predicted octanol–water partition coefficient (Wildman–Crippen LogP) is 1.96. The first-order valence-electron chi connectivity index (χ1n) is 6.81. The molecule has 0 radical (unpaired) electrons. The fourth-order valence-electron chi connectivity index (χ4n) is 2.45. The van der Waals surface area contributed by atoms with Crippen LogP contribution in [-0.4, -0.2) is 35.3 Å². The molecule has 2 amide bonds. The normalized spacial score (nSPS) is 24.7. The second-order valence-corrected chi connectivity index (χ2v) is 6.92. The summed E-state index contributed by atoms with van der Waals surface area (Å²) >= 11 is 0. The summed E-state index contributed by atoms with van der Waals surface area (Å²) in [5.41, 5.74) is 0.600. The van der Waals surface area contributed by atoms with Crippen LogP contribution < -0.4 is 5.32 Å². The molecule has 0 aromatic heterocycles. The molecule has 0 aromatic carbocycles. The average Bonchev–Trinajstić information content (AvgIpc) is 2.20. The average molecular weight is 266 g/mol. The largest absolute Gasteiger partial charge is 0.342 e. The third-order valence-corrected chi connectivity index (χ3v) is 3.36. The van der Waals surface area contributed by atoms with Crippen LogP contribution in [0.2, 0.25) is 0 Å². The van der Waals surface area contributed by atoms with Crippen molar-refractivity contribution in [2.24, 2.45) is 11.3 Å². The van der Waals surface area contributed by atoms with Gasteiger partial charge in [0.15, 0.2) is 0 Å². The Hall–Kier alpha value is -1.32. The maximum atomic E-state index is 12.6. The highest BCUT2D eigenvalue weighted by atomic mass is 16.2. The second-order valence-electron chi connectivity index (χ2n) is 6.92. The summed E-state index contributed by atoms with van der Waals surface area (Å²) in [6.07, 6.45) is 0. The van der Waals surface area contributed by atoms with E-state index in [2.05, 4.69) is 11.9 Å². The first-order valence-corrected chi connectivity index (χ1v) is 6.81. The number of carbonyl (C=O) groups excluding carboxylic acids is 2. The van der Waals surface area contributed by atoms with Crippen LogP contribution in [0.3, 0.4) is 0 Å². The van der Waals surface area contributed by atoms with Crippen molar-refractivity contribution >= 4 is 11.8 Å². The number of rotatable bonds is 3. The summed E-state index contributed by atoms with van der Waals surface area (Å²) in [6.45, 7) is 16.0. The highest BCUT2D eigenvalue weighted by Gasteiger charge is 2.45. The Bertz CT molecular complexity index is 393. The van der Waals surface area contributed by atoms with Crippen LogP contribution in [0.5, 0.6) is 0 Å². The van der Waals surface area contributed by atoms with Crippen molar-refractivity contribution in [1.29, 1.82) is 0 Å². The van der Waals surface area contributed by atoms with E-state index in [4.69, 9.17) is 0 Å². The minimum atomic E-state index is -0.464. The molecule has 1 aliphatic heterocycles. The lowest BCUT2D eigenvalue weighted by atomic mass is 9.82. The molecule has 4 nitrogen and oxygen atoms in total. The number of nitrogens with zero attached hydrogens (tertiary/aromatic N) is 1. The molecule has 4 heteroatoms. The van der Waals surface area contributed by atoms with Crippen LogP contribution in [0.1, 0.15) is 41.5 Å². The van der Waals surface area contributed by atoms with Gasteiger partial charge in [-0.05, 0) is 18.3 Å². The van der Waals surface area contributed by atoms with Crippen molar-refractivity contribution in [3.8, 4) is 0 Å². The summed E-state index contributed by atoms with van der Waals surface area (Å²) in [6, 6.07) is -0.864. The summed E-state index contributed by atoms with van der Waals surface area (Å²) in [5, 5.41) is 2.88. The fourth-order valence-corrected chi connectivity index (χ4v) is 2.45. The van der Waals surface area contributed by atoms with E-state index in [0.29, 0.717) is 6.54 Å². The van der Waals surface area contributed by atoms with Crippen LogP contribution in [0.25, 0.3) is 0 Å². The zero-order chi connectivity index (χ0) is 15.0. The first-order chi connectivity index (χ1) is 8.55. The van der Waals surface area contributed by atoms with Crippen molar-refractivity contribution in [3.63, 3.8) is 0 Å². The van der Waals surface area contributed by atoms with Crippen LogP contribution >= 0.6 is 0 Å². The van der Waals surface area contributed by atoms with Crippen LogP contribution in [-0.2, 0) is 9.59 Å². The fraction of sp³-hybridized carbons (Fsp3) is 0.733. The Kier molecular flexibility index (Phi) is 4.43. The predicted molar refractivity (Wildman–Crippen MR) is 76.5 cm³/mol. The topological polar surface area (TPSA) is 49.4 Å². The second kappa shape index (κ2) is 5.35. The summed E-state index contributed by atoms with van der Waals surface area (Å²) in [5.74, 6) is 0.0220. The van der Waals surface area contributed by atoms with E-state index in [1.807, 2.05) is 41.5 Å². The Morgan fingerprint density at radius 3 is 2.26 bits per heavy atom. The molecule has 0 aliphatic carbocycles. The van der Waals surface area contributed by atoms with E-state index < -0.39 is 12.1 Å². The molecule has 0 spiro atoms. The van der Waals surface area contributed by atoms with Gasteiger partial charge in [0, 0.05) is 6.54 Å². The van der Waals surface area contributed by atoms with E-state index in [9.17, 15) is 9.59 Å². The maximum Gasteiger partial charge on any atom is 0.246 e. The van der Waals surface area contributed by atoms with Gasteiger partial charge >= 0.3 is 0 Å². The van der Waals surface area contributed by atoms with E-state index in [0.717, 1.165) is 5.57 Å². The third-order valence-electron chi connectivity index (χ3n) is 3.36. The van der Waals surface area contributed by atoms with Gasteiger partial charge < -0.3 is 10.2 Å². The highest BCUT2D eigenvalue weighted by molar-refractivity contribution is 5.97. The summed E-state index contributed by atoms with van der Waals surface area (Å²) in [7, 11) is 0. The van der Waals surface area contributed by atoms with Gasteiger partial charge in [0.2, 0.25) is 11.8 Å². The standard InChI is InChI=1S/C15H26N2O2/c1-9(2)8-17-11(10(3)4)13(18)16-12(14(17)19)15(5,6)7/h10-12H,1,8H2,2-7H3,(H,16,18). The number of piperazine rings is 1. The Morgan fingerprint density at radius 2 is 1.89 bits per heavy atom. The molecule has 1 heterocycles. The minimum absolute atomic E-state index is 0.00574. The van der Waals surface area contributed by atoms with E-state index in [1.54, 1.807) is 4.90 Å². The molecule has 0 bridgehead atoms. The Morgan fingerprint density at radius 1 is 1.37 bits per heavy atom. The number of amides is 2. The number of nitrogens with one attached hydrogen (secondary N) is 1. The van der Waals surface area contributed by atoms with Crippen molar-refractivity contribution in [2.75, 3.05) is 6.54 Å². The van der Waals surface area contributed by atoms with E-state index in [-0.39, 0.29) is 23.1 Å². The van der Waals surface area contributed by atoms with E-state index >= 15 is 0 Å². The SMILES string of the molecule is C=C(C)CN1C(=O)C(C(C)(C)C)NC(=O)C1C(C)C. The highest BCUT2D eigenvalue weighted by Crippen LogP contribution is 2.27. The maximum absolute atomic E-state index is 12.6. The molecule has 1 N–H and O–H groups in total. The van der Waals surface area contributed by atoms with Gasteiger partial charge in [-0.3, -0.25) is 9.59 Å². The summed E-state index contributed by atoms with van der Waals surface area (Å²) in [4.78, 5) is 26.6. The smallest absolute Gasteiger partial charge is 0.246 e. The minimum Gasteiger partial charge on any atom is -0.342 e. The molecule has 2 atom stereocenters. The van der Waals surface area contributed by atoms with Gasteiger partial charge in [-0.2, -0.15) is 0 Å². The van der Waals surface area contributed by atoms with Gasteiger partial charge in [0.25, 0.3) is 0 Å². The molecule has 0 saturated carbocycles. The molecule has 0 aromatic rings. The molecule has 1 aliphatic rings. The molecule has 1 fully saturated rings.